The minimum absolute atomic E-state index is 0.00419. The van der Waals surface area contributed by atoms with Gasteiger partial charge in [0.2, 0.25) is 0 Å². The van der Waals surface area contributed by atoms with Crippen LogP contribution in [0, 0.1) is 34.9 Å². The highest BCUT2D eigenvalue weighted by molar-refractivity contribution is 5.67. The zero-order valence-electron chi connectivity index (χ0n) is 16.1. The molecule has 6 heteroatoms. The third-order valence-corrected chi connectivity index (χ3v) is 5.85. The van der Waals surface area contributed by atoms with Gasteiger partial charge in [0.1, 0.15) is 5.82 Å². The number of hydrogen-bond acceptors (Lipinski definition) is 0. The van der Waals surface area contributed by atoms with E-state index in [1.807, 2.05) is 31.2 Å². The van der Waals surface area contributed by atoms with E-state index in [0.29, 0.717) is 18.6 Å². The zero-order valence-corrected chi connectivity index (χ0v) is 16.1. The van der Waals surface area contributed by atoms with E-state index in [1.54, 1.807) is 0 Å². The van der Waals surface area contributed by atoms with Crippen molar-refractivity contribution in [2.75, 3.05) is 0 Å². The molecule has 1 aliphatic carbocycles. The third-order valence-electron chi connectivity index (χ3n) is 5.85. The maximum atomic E-state index is 15.1. The fourth-order valence-electron chi connectivity index (χ4n) is 4.16. The van der Waals surface area contributed by atoms with E-state index in [2.05, 4.69) is 0 Å². The standard InChI is InChI=1S/C24H18F6/c1-2-12-3-5-13(6-4-12)14-7-8-16-17(9-14)22(28)24(30)20(21(16)27)15-10-18(25)23(29)19(26)11-15/h3-6,10-11,14H,2,7-9H2,1H3. The molecule has 0 heterocycles. The lowest BCUT2D eigenvalue weighted by Gasteiger charge is -2.27. The predicted octanol–water partition coefficient (Wildman–Crippen LogP) is 7.02. The van der Waals surface area contributed by atoms with Gasteiger partial charge < -0.3 is 0 Å². The molecular formula is C24H18F6. The van der Waals surface area contributed by atoms with Gasteiger partial charge in [0.15, 0.2) is 29.1 Å². The van der Waals surface area contributed by atoms with Gasteiger partial charge in [0, 0.05) is 0 Å². The number of benzene rings is 3. The van der Waals surface area contributed by atoms with Crippen LogP contribution in [0.1, 0.15) is 41.5 Å². The number of fused-ring (bicyclic) bond motifs is 1. The van der Waals surface area contributed by atoms with E-state index in [9.17, 15) is 22.0 Å². The van der Waals surface area contributed by atoms with Gasteiger partial charge in [-0.15, -0.1) is 0 Å². The molecule has 3 aromatic rings. The van der Waals surface area contributed by atoms with Crippen molar-refractivity contribution in [3.8, 4) is 11.1 Å². The molecular weight excluding hydrogens is 402 g/mol. The van der Waals surface area contributed by atoms with Gasteiger partial charge in [-0.2, -0.15) is 0 Å². The molecule has 0 aromatic heterocycles. The van der Waals surface area contributed by atoms with Crippen LogP contribution in [0.25, 0.3) is 11.1 Å². The molecule has 0 saturated heterocycles. The molecule has 30 heavy (non-hydrogen) atoms. The van der Waals surface area contributed by atoms with Crippen LogP contribution >= 0.6 is 0 Å². The summed E-state index contributed by atoms with van der Waals surface area (Å²) in [5, 5.41) is 0. The highest BCUT2D eigenvalue weighted by Crippen LogP contribution is 2.40. The Hall–Kier alpha value is -2.76. The van der Waals surface area contributed by atoms with Crippen molar-refractivity contribution in [1.29, 1.82) is 0 Å². The topological polar surface area (TPSA) is 0 Å². The Bertz CT molecular complexity index is 1090. The lowest BCUT2D eigenvalue weighted by atomic mass is 9.78. The molecule has 0 fully saturated rings. The van der Waals surface area contributed by atoms with E-state index in [-0.39, 0.29) is 29.9 Å². The lowest BCUT2D eigenvalue weighted by molar-refractivity contribution is 0.445. The van der Waals surface area contributed by atoms with Crippen molar-refractivity contribution >= 4 is 0 Å². The molecule has 0 amide bonds. The summed E-state index contributed by atoms with van der Waals surface area (Å²) in [6.07, 6.45) is 1.67. The molecule has 1 unspecified atom stereocenters. The summed E-state index contributed by atoms with van der Waals surface area (Å²) in [6, 6.07) is 8.76. The summed E-state index contributed by atoms with van der Waals surface area (Å²) in [4.78, 5) is 0. The number of rotatable bonds is 3. The second-order valence-corrected chi connectivity index (χ2v) is 7.56. The molecule has 0 nitrogen and oxygen atoms in total. The Balaban J connectivity index is 1.77. The smallest absolute Gasteiger partial charge is 0.194 e. The molecule has 0 spiro atoms. The average molecular weight is 420 g/mol. The first-order chi connectivity index (χ1) is 14.3. The summed E-state index contributed by atoms with van der Waals surface area (Å²) in [5.41, 5.74) is 0.588. The SMILES string of the molecule is CCc1ccc(C2CCc3c(F)c(-c4cc(F)c(F)c(F)c4)c(F)c(F)c3C2)cc1. The van der Waals surface area contributed by atoms with E-state index < -0.39 is 46.0 Å². The van der Waals surface area contributed by atoms with Crippen molar-refractivity contribution in [2.45, 2.75) is 38.5 Å². The Labute approximate surface area is 170 Å². The summed E-state index contributed by atoms with van der Waals surface area (Å²) in [6.45, 7) is 2.03. The van der Waals surface area contributed by atoms with Gasteiger partial charge in [-0.25, -0.2) is 26.3 Å². The van der Waals surface area contributed by atoms with Gasteiger partial charge in [-0.3, -0.25) is 0 Å². The minimum Gasteiger partial charge on any atom is -0.206 e. The van der Waals surface area contributed by atoms with Gasteiger partial charge in [-0.05, 0) is 71.6 Å². The Morgan fingerprint density at radius 3 is 2.00 bits per heavy atom. The first-order valence-electron chi connectivity index (χ1n) is 9.73. The normalized spacial score (nSPS) is 15.9. The van der Waals surface area contributed by atoms with Crippen LogP contribution in [0.4, 0.5) is 26.3 Å². The Kier molecular flexibility index (Phi) is 5.35. The molecule has 0 bridgehead atoms. The molecule has 1 atom stereocenters. The average Bonchev–Trinajstić information content (AvgIpc) is 2.75. The fourth-order valence-corrected chi connectivity index (χ4v) is 4.16. The highest BCUT2D eigenvalue weighted by atomic mass is 19.2. The van der Waals surface area contributed by atoms with Crippen molar-refractivity contribution in [3.05, 3.63) is 93.6 Å². The second-order valence-electron chi connectivity index (χ2n) is 7.56. The molecule has 3 aromatic carbocycles. The van der Waals surface area contributed by atoms with Gasteiger partial charge in [-0.1, -0.05) is 31.2 Å². The maximum Gasteiger partial charge on any atom is 0.194 e. The number of hydrogen-bond donors (Lipinski definition) is 0. The summed E-state index contributed by atoms with van der Waals surface area (Å²) in [5.74, 6) is -8.87. The fraction of sp³-hybridized carbons (Fsp3) is 0.250. The first-order valence-corrected chi connectivity index (χ1v) is 9.73. The predicted molar refractivity (Wildman–Crippen MR) is 102 cm³/mol. The van der Waals surface area contributed by atoms with Gasteiger partial charge in [0.05, 0.1) is 5.56 Å². The van der Waals surface area contributed by atoms with Crippen molar-refractivity contribution in [1.82, 2.24) is 0 Å². The van der Waals surface area contributed by atoms with Gasteiger partial charge in [0.25, 0.3) is 0 Å². The van der Waals surface area contributed by atoms with Crippen LogP contribution in [0.2, 0.25) is 0 Å². The Morgan fingerprint density at radius 2 is 1.40 bits per heavy atom. The zero-order chi connectivity index (χ0) is 21.6. The number of halogens is 6. The molecule has 0 radical (unpaired) electrons. The molecule has 0 N–H and O–H groups in total. The Morgan fingerprint density at radius 1 is 0.767 bits per heavy atom. The van der Waals surface area contributed by atoms with Gasteiger partial charge >= 0.3 is 0 Å². The van der Waals surface area contributed by atoms with Crippen LogP contribution in [0.5, 0.6) is 0 Å². The van der Waals surface area contributed by atoms with Crippen LogP contribution in [0.3, 0.4) is 0 Å². The number of aryl methyl sites for hydroxylation is 1. The second kappa shape index (κ2) is 7.82. The maximum absolute atomic E-state index is 15.1. The van der Waals surface area contributed by atoms with Crippen LogP contribution in [-0.2, 0) is 19.3 Å². The minimum atomic E-state index is -1.75. The largest absolute Gasteiger partial charge is 0.206 e. The molecule has 1 aliphatic rings. The van der Waals surface area contributed by atoms with Crippen LogP contribution in [-0.4, -0.2) is 0 Å². The monoisotopic (exact) mass is 420 g/mol. The summed E-state index contributed by atoms with van der Waals surface area (Å²) in [7, 11) is 0. The molecule has 156 valence electrons. The summed E-state index contributed by atoms with van der Waals surface area (Å²) >= 11 is 0. The van der Waals surface area contributed by atoms with E-state index in [0.717, 1.165) is 17.5 Å². The molecule has 0 saturated carbocycles. The van der Waals surface area contributed by atoms with Crippen LogP contribution < -0.4 is 0 Å². The van der Waals surface area contributed by atoms with Crippen molar-refractivity contribution in [3.63, 3.8) is 0 Å². The van der Waals surface area contributed by atoms with Crippen molar-refractivity contribution in [2.24, 2.45) is 0 Å². The van der Waals surface area contributed by atoms with E-state index in [1.165, 1.54) is 0 Å². The lowest BCUT2D eigenvalue weighted by Crippen LogP contribution is -2.18. The summed E-state index contributed by atoms with van der Waals surface area (Å²) < 4.78 is 85.2. The quantitative estimate of drug-likeness (QED) is 0.243. The van der Waals surface area contributed by atoms with Crippen molar-refractivity contribution < 1.29 is 26.3 Å². The molecule has 0 aliphatic heterocycles. The third kappa shape index (κ3) is 3.38. The highest BCUT2D eigenvalue weighted by Gasteiger charge is 2.31. The van der Waals surface area contributed by atoms with E-state index in [4.69, 9.17) is 0 Å². The molecule has 4 rings (SSSR count). The van der Waals surface area contributed by atoms with Crippen LogP contribution in [0.15, 0.2) is 36.4 Å². The van der Waals surface area contributed by atoms with E-state index >= 15 is 4.39 Å². The first kappa shape index (κ1) is 20.5.